The summed E-state index contributed by atoms with van der Waals surface area (Å²) in [4.78, 5) is 0. The number of hydrogen-bond donors (Lipinski definition) is 0. The van der Waals surface area contributed by atoms with Gasteiger partial charge in [0.05, 0.1) is 101 Å². The van der Waals surface area contributed by atoms with Crippen molar-refractivity contribution in [3.63, 3.8) is 0 Å². The molecule has 0 aliphatic heterocycles. The fourth-order valence-electron chi connectivity index (χ4n) is 14.6. The average molecular weight is 1180 g/mol. The smallest absolute Gasteiger partial charge is 0.101 e. The zero-order valence-electron chi connectivity index (χ0n) is 52.0. The second-order valence-corrected chi connectivity index (χ2v) is 25.2. The van der Waals surface area contributed by atoms with Gasteiger partial charge < -0.3 is 18.3 Å². The van der Waals surface area contributed by atoms with Crippen LogP contribution in [-0.2, 0) is 6.42 Å². The summed E-state index contributed by atoms with van der Waals surface area (Å²) in [5.41, 5.74) is 27.3. The SMILES string of the molecule is Cc1ccc2c(c1)c1cc(C)ccc1n2-c1cc(-c2cccc(C#N)c2)c(-n2c3ccc(C)cc3c3cc(Cc4cc5c6ccc(C)cc6n(-c6cc(-c7cccc(C#N)c7)c(-n7c8cc(C)ccc8c8ccc(C)cc87)cc6C#N)c5cc4C)ccc32)cc1C#N. The van der Waals surface area contributed by atoms with E-state index < -0.39 is 0 Å². The second kappa shape index (κ2) is 21.0. The molecule has 0 aliphatic rings. The lowest BCUT2D eigenvalue weighted by atomic mass is 9.96. The van der Waals surface area contributed by atoms with Gasteiger partial charge >= 0.3 is 0 Å². The first kappa shape index (κ1) is 55.1. The number of aryl methyl sites for hydroxylation is 7. The normalized spacial score (nSPS) is 11.6. The largest absolute Gasteiger partial charge is 0.309 e. The molecule has 0 amide bonds. The third-order valence-corrected chi connectivity index (χ3v) is 19.0. The quantitative estimate of drug-likeness (QED) is 0.151. The molecule has 92 heavy (non-hydrogen) atoms. The van der Waals surface area contributed by atoms with Gasteiger partial charge in [0.15, 0.2) is 0 Å². The molecule has 0 atom stereocenters. The maximum absolute atomic E-state index is 11.5. The molecule has 8 heteroatoms. The molecular formula is C84H58N8. The first-order valence-electron chi connectivity index (χ1n) is 31.1. The Morgan fingerprint density at radius 3 is 1.09 bits per heavy atom. The topological polar surface area (TPSA) is 115 Å². The van der Waals surface area contributed by atoms with Crippen molar-refractivity contribution < 1.29 is 0 Å². The molecule has 16 aromatic rings. The summed E-state index contributed by atoms with van der Waals surface area (Å²) in [5, 5.41) is 52.3. The van der Waals surface area contributed by atoms with Crippen LogP contribution < -0.4 is 0 Å². The van der Waals surface area contributed by atoms with E-state index in [0.717, 1.165) is 177 Å². The van der Waals surface area contributed by atoms with Crippen molar-refractivity contribution in [2.75, 3.05) is 0 Å². The van der Waals surface area contributed by atoms with E-state index in [1.165, 1.54) is 5.56 Å². The third kappa shape index (κ3) is 8.61. The number of nitriles is 4. The van der Waals surface area contributed by atoms with Gasteiger partial charge in [0.25, 0.3) is 0 Å². The average Bonchev–Trinajstić information content (AvgIpc) is 1.59. The Morgan fingerprint density at radius 1 is 0.283 bits per heavy atom. The van der Waals surface area contributed by atoms with Crippen LogP contribution in [0.4, 0.5) is 0 Å². The Hall–Kier alpha value is -12.2. The molecule has 0 saturated carbocycles. The fourth-order valence-corrected chi connectivity index (χ4v) is 14.6. The first-order chi connectivity index (χ1) is 44.7. The third-order valence-electron chi connectivity index (χ3n) is 19.0. The Labute approximate surface area is 532 Å². The number of hydrogen-bond acceptors (Lipinski definition) is 4. The van der Waals surface area contributed by atoms with Gasteiger partial charge in [-0.1, -0.05) is 102 Å². The minimum absolute atomic E-state index is 0.524. The number of fused-ring (bicyclic) bond motifs is 12. The van der Waals surface area contributed by atoms with E-state index in [1.54, 1.807) is 0 Å². The van der Waals surface area contributed by atoms with Gasteiger partial charge in [-0.3, -0.25) is 0 Å². The Morgan fingerprint density at radius 2 is 0.641 bits per heavy atom. The minimum atomic E-state index is 0.524. The molecule has 8 nitrogen and oxygen atoms in total. The Kier molecular flexibility index (Phi) is 12.6. The van der Waals surface area contributed by atoms with Crippen LogP contribution in [-0.4, -0.2) is 18.3 Å². The zero-order chi connectivity index (χ0) is 63.0. The highest BCUT2D eigenvalue weighted by molar-refractivity contribution is 6.14. The van der Waals surface area contributed by atoms with E-state index in [9.17, 15) is 21.0 Å². The molecule has 0 N–H and O–H groups in total. The number of benzene rings is 12. The van der Waals surface area contributed by atoms with Crippen molar-refractivity contribution in [3.8, 4) is 69.3 Å². The van der Waals surface area contributed by atoms with Crippen molar-refractivity contribution in [3.05, 3.63) is 285 Å². The maximum Gasteiger partial charge on any atom is 0.101 e. The molecule has 0 aliphatic carbocycles. The molecule has 0 bridgehead atoms. The van der Waals surface area contributed by atoms with Crippen LogP contribution >= 0.6 is 0 Å². The lowest BCUT2D eigenvalue weighted by Crippen LogP contribution is -2.04. The highest BCUT2D eigenvalue weighted by Crippen LogP contribution is 2.45. The van der Waals surface area contributed by atoms with Crippen molar-refractivity contribution >= 4 is 87.2 Å². The molecule has 0 unspecified atom stereocenters. The van der Waals surface area contributed by atoms with Crippen LogP contribution in [0.15, 0.2) is 212 Å². The summed E-state index contributed by atoms with van der Waals surface area (Å²) in [7, 11) is 0. The standard InChI is InChI=1S/C84H58N8/c1-48-17-24-73-68(28-48)69-29-49(2)18-25-74(69)89(73)77-42-66(58-12-8-10-56(36-58)44-85)83(40-61(77)46-87)90-75-26-19-50(3)30-70(75)71-38-55(20-27-76(71)90)35-60-39-72-65-23-16-53(6)33-81(65)91(82(72)34-54(60)7)78-43-67(59-13-9-11-57(37-59)45-86)84(41-62(78)47-88)92-79-31-51(4)14-21-63(79)64-22-15-52(5)32-80(64)92/h8-34,36-43H,35H2,1-7H3. The van der Waals surface area contributed by atoms with E-state index in [0.29, 0.717) is 28.7 Å². The van der Waals surface area contributed by atoms with Crippen molar-refractivity contribution in [2.45, 2.75) is 54.9 Å². The van der Waals surface area contributed by atoms with Gasteiger partial charge in [-0.05, 0) is 227 Å². The molecule has 4 heterocycles. The van der Waals surface area contributed by atoms with E-state index in [4.69, 9.17) is 0 Å². The monoisotopic (exact) mass is 1180 g/mol. The van der Waals surface area contributed by atoms with Crippen molar-refractivity contribution in [1.29, 1.82) is 21.0 Å². The van der Waals surface area contributed by atoms with Crippen LogP contribution in [0.5, 0.6) is 0 Å². The molecule has 12 aromatic carbocycles. The summed E-state index contributed by atoms with van der Waals surface area (Å²) in [6.07, 6.45) is 0.654. The lowest BCUT2D eigenvalue weighted by Gasteiger charge is -2.19. The fraction of sp³-hybridized carbons (Fsp3) is 0.0952. The maximum atomic E-state index is 11.5. The van der Waals surface area contributed by atoms with Gasteiger partial charge in [0, 0.05) is 54.2 Å². The molecular weight excluding hydrogens is 1120 g/mol. The number of nitrogens with zero attached hydrogens (tertiary/aromatic N) is 8. The minimum Gasteiger partial charge on any atom is -0.309 e. The summed E-state index contributed by atoms with van der Waals surface area (Å²) >= 11 is 0. The molecule has 0 spiro atoms. The summed E-state index contributed by atoms with van der Waals surface area (Å²) in [5.74, 6) is 0. The second-order valence-electron chi connectivity index (χ2n) is 25.2. The van der Waals surface area contributed by atoms with Crippen LogP contribution in [0.2, 0.25) is 0 Å². The summed E-state index contributed by atoms with van der Waals surface area (Å²) in [6.45, 7) is 14.9. The molecule has 0 fully saturated rings. The zero-order valence-corrected chi connectivity index (χ0v) is 52.0. The lowest BCUT2D eigenvalue weighted by molar-refractivity contribution is 1.12. The molecule has 16 rings (SSSR count). The van der Waals surface area contributed by atoms with E-state index in [1.807, 2.05) is 42.5 Å². The molecule has 0 radical (unpaired) electrons. The van der Waals surface area contributed by atoms with Crippen LogP contribution in [0.1, 0.15) is 72.3 Å². The van der Waals surface area contributed by atoms with Crippen LogP contribution in [0, 0.1) is 93.8 Å². The molecule has 4 aromatic heterocycles. The Bertz CT molecular complexity index is 6000. The van der Waals surface area contributed by atoms with E-state index in [2.05, 4.69) is 261 Å². The summed E-state index contributed by atoms with van der Waals surface area (Å²) < 4.78 is 9.11. The van der Waals surface area contributed by atoms with Gasteiger partial charge in [0.1, 0.15) is 12.1 Å². The highest BCUT2D eigenvalue weighted by atomic mass is 15.0. The van der Waals surface area contributed by atoms with Gasteiger partial charge in [0.2, 0.25) is 0 Å². The van der Waals surface area contributed by atoms with Crippen LogP contribution in [0.25, 0.3) is 132 Å². The number of rotatable bonds is 8. The Balaban J connectivity index is 0.868. The molecule has 0 saturated heterocycles. The first-order valence-corrected chi connectivity index (χ1v) is 31.1. The predicted molar refractivity (Wildman–Crippen MR) is 376 cm³/mol. The summed E-state index contributed by atoms with van der Waals surface area (Å²) in [6, 6.07) is 84.9. The van der Waals surface area contributed by atoms with Gasteiger partial charge in [-0.25, -0.2) is 0 Å². The number of aromatic nitrogens is 4. The van der Waals surface area contributed by atoms with Crippen LogP contribution in [0.3, 0.4) is 0 Å². The van der Waals surface area contributed by atoms with Crippen molar-refractivity contribution in [1.82, 2.24) is 18.3 Å². The van der Waals surface area contributed by atoms with E-state index >= 15 is 0 Å². The van der Waals surface area contributed by atoms with E-state index in [-0.39, 0.29) is 0 Å². The predicted octanol–water partition coefficient (Wildman–Crippen LogP) is 20.6. The molecule has 434 valence electrons. The highest BCUT2D eigenvalue weighted by Gasteiger charge is 2.26. The van der Waals surface area contributed by atoms with Gasteiger partial charge in [-0.2, -0.15) is 21.0 Å². The van der Waals surface area contributed by atoms with Gasteiger partial charge in [-0.15, -0.1) is 0 Å². The van der Waals surface area contributed by atoms with Crippen molar-refractivity contribution in [2.24, 2.45) is 0 Å².